The van der Waals surface area contributed by atoms with Gasteiger partial charge in [0.2, 0.25) is 5.91 Å². The van der Waals surface area contributed by atoms with Gasteiger partial charge in [-0.1, -0.05) is 30.3 Å². The molecule has 0 unspecified atom stereocenters. The summed E-state index contributed by atoms with van der Waals surface area (Å²) in [5, 5.41) is 0. The highest BCUT2D eigenvalue weighted by atomic mass is 16.6. The molecular formula is C18H25N3O3. The smallest absolute Gasteiger partial charge is 0.410 e. The van der Waals surface area contributed by atoms with Gasteiger partial charge >= 0.3 is 6.09 Å². The number of benzene rings is 1. The molecule has 2 fully saturated rings. The Bertz CT molecular complexity index is 570. The minimum atomic E-state index is -0.262. The van der Waals surface area contributed by atoms with Crippen LogP contribution >= 0.6 is 0 Å². The number of likely N-dealkylation sites (N-methyl/N-ethyl adjacent to an activating group) is 1. The van der Waals surface area contributed by atoms with Gasteiger partial charge in [-0.25, -0.2) is 4.79 Å². The molecule has 1 aromatic rings. The highest BCUT2D eigenvalue weighted by molar-refractivity contribution is 5.79. The molecule has 0 radical (unpaired) electrons. The van der Waals surface area contributed by atoms with Crippen LogP contribution < -0.4 is 0 Å². The summed E-state index contributed by atoms with van der Waals surface area (Å²) in [5.74, 6) is 0.203. The molecule has 2 aliphatic heterocycles. The van der Waals surface area contributed by atoms with Crippen molar-refractivity contribution >= 4 is 12.0 Å². The van der Waals surface area contributed by atoms with E-state index >= 15 is 0 Å². The van der Waals surface area contributed by atoms with E-state index in [0.717, 1.165) is 31.5 Å². The third-order valence-electron chi connectivity index (χ3n) is 4.82. The minimum absolute atomic E-state index is 0.203. The summed E-state index contributed by atoms with van der Waals surface area (Å²) in [5.41, 5.74) is 0.990. The van der Waals surface area contributed by atoms with Crippen molar-refractivity contribution in [2.24, 2.45) is 0 Å². The average Bonchev–Trinajstić information content (AvgIpc) is 2.61. The molecule has 2 heterocycles. The van der Waals surface area contributed by atoms with Crippen molar-refractivity contribution in [3.8, 4) is 0 Å². The first-order chi connectivity index (χ1) is 11.6. The molecule has 0 atom stereocenters. The van der Waals surface area contributed by atoms with E-state index in [1.165, 1.54) is 0 Å². The average molecular weight is 331 g/mol. The zero-order valence-electron chi connectivity index (χ0n) is 14.2. The Labute approximate surface area is 143 Å². The third-order valence-corrected chi connectivity index (χ3v) is 4.82. The maximum atomic E-state index is 12.2. The van der Waals surface area contributed by atoms with E-state index in [1.54, 1.807) is 4.90 Å². The number of nitrogens with zero attached hydrogens (tertiary/aromatic N) is 3. The van der Waals surface area contributed by atoms with Gasteiger partial charge in [-0.2, -0.15) is 0 Å². The fraction of sp³-hybridized carbons (Fsp3) is 0.556. The van der Waals surface area contributed by atoms with E-state index in [4.69, 9.17) is 4.74 Å². The van der Waals surface area contributed by atoms with Gasteiger partial charge in [0.15, 0.2) is 0 Å². The Balaban J connectivity index is 1.44. The van der Waals surface area contributed by atoms with Crippen molar-refractivity contribution in [1.82, 2.24) is 14.7 Å². The number of hydrogen-bond donors (Lipinski definition) is 0. The molecule has 1 aromatic carbocycles. The molecule has 24 heavy (non-hydrogen) atoms. The Morgan fingerprint density at radius 2 is 1.83 bits per heavy atom. The maximum absolute atomic E-state index is 12.2. The van der Waals surface area contributed by atoms with Crippen LogP contribution in [0.15, 0.2) is 30.3 Å². The molecule has 6 heteroatoms. The number of ether oxygens (including phenoxy) is 1. The zero-order chi connectivity index (χ0) is 16.9. The molecule has 6 nitrogen and oxygen atoms in total. The second-order valence-electron chi connectivity index (χ2n) is 6.58. The van der Waals surface area contributed by atoms with Gasteiger partial charge in [0.05, 0.1) is 6.54 Å². The van der Waals surface area contributed by atoms with Crippen LogP contribution in [0.3, 0.4) is 0 Å². The van der Waals surface area contributed by atoms with Crippen LogP contribution in [0.2, 0.25) is 0 Å². The van der Waals surface area contributed by atoms with E-state index in [1.807, 2.05) is 42.3 Å². The molecule has 0 aromatic heterocycles. The number of rotatable bonds is 3. The minimum Gasteiger partial charge on any atom is -0.445 e. The normalized spacial score (nSPS) is 20.3. The second-order valence-corrected chi connectivity index (χ2v) is 6.58. The molecule has 2 amide bonds. The second kappa shape index (κ2) is 7.66. The molecule has 130 valence electrons. The number of amides is 2. The van der Waals surface area contributed by atoms with Crippen LogP contribution in [-0.2, 0) is 16.1 Å². The van der Waals surface area contributed by atoms with Crippen LogP contribution in [0.25, 0.3) is 0 Å². The zero-order valence-corrected chi connectivity index (χ0v) is 14.2. The van der Waals surface area contributed by atoms with E-state index < -0.39 is 0 Å². The summed E-state index contributed by atoms with van der Waals surface area (Å²) in [6.07, 6.45) is 1.40. The molecule has 0 spiro atoms. The molecular weight excluding hydrogens is 306 g/mol. The predicted octanol–water partition coefficient (Wildman–Crippen LogP) is 1.56. The topological polar surface area (TPSA) is 53.1 Å². The number of hydrogen-bond acceptors (Lipinski definition) is 4. The lowest BCUT2D eigenvalue weighted by Crippen LogP contribution is -2.55. The van der Waals surface area contributed by atoms with E-state index in [0.29, 0.717) is 26.2 Å². The monoisotopic (exact) mass is 331 g/mol. The van der Waals surface area contributed by atoms with Gasteiger partial charge in [0.1, 0.15) is 6.61 Å². The SMILES string of the molecule is CN1CCN(C2CCN(C(=O)OCc3ccccc3)CC2)C(=O)C1. The van der Waals surface area contributed by atoms with Crippen LogP contribution in [-0.4, -0.2) is 72.5 Å². The maximum Gasteiger partial charge on any atom is 0.410 e. The van der Waals surface area contributed by atoms with Crippen LogP contribution in [0.5, 0.6) is 0 Å². The summed E-state index contributed by atoms with van der Waals surface area (Å²) in [7, 11) is 1.97. The van der Waals surface area contributed by atoms with Crippen molar-refractivity contribution in [2.45, 2.75) is 25.5 Å². The lowest BCUT2D eigenvalue weighted by Gasteiger charge is -2.41. The van der Waals surface area contributed by atoms with Gasteiger partial charge < -0.3 is 14.5 Å². The highest BCUT2D eigenvalue weighted by Crippen LogP contribution is 2.19. The summed E-state index contributed by atoms with van der Waals surface area (Å²) < 4.78 is 5.38. The van der Waals surface area contributed by atoms with Crippen molar-refractivity contribution in [1.29, 1.82) is 0 Å². The molecule has 0 aliphatic carbocycles. The highest BCUT2D eigenvalue weighted by Gasteiger charge is 2.32. The summed E-state index contributed by atoms with van der Waals surface area (Å²) in [6.45, 7) is 3.81. The Morgan fingerprint density at radius 3 is 2.50 bits per heavy atom. The summed E-state index contributed by atoms with van der Waals surface area (Å²) in [6, 6.07) is 9.94. The summed E-state index contributed by atoms with van der Waals surface area (Å²) >= 11 is 0. The number of carbonyl (C=O) groups is 2. The lowest BCUT2D eigenvalue weighted by molar-refractivity contribution is -0.139. The van der Waals surface area contributed by atoms with Gasteiger partial charge in [-0.3, -0.25) is 9.69 Å². The molecule has 0 saturated carbocycles. The Morgan fingerprint density at radius 1 is 1.12 bits per heavy atom. The predicted molar refractivity (Wildman–Crippen MR) is 90.4 cm³/mol. The number of piperidine rings is 1. The van der Waals surface area contributed by atoms with E-state index in [9.17, 15) is 9.59 Å². The van der Waals surface area contributed by atoms with Crippen LogP contribution in [0, 0.1) is 0 Å². The van der Waals surface area contributed by atoms with Gasteiger partial charge in [-0.15, -0.1) is 0 Å². The van der Waals surface area contributed by atoms with E-state index in [2.05, 4.69) is 4.90 Å². The number of piperazine rings is 1. The first-order valence-electron chi connectivity index (χ1n) is 8.57. The quantitative estimate of drug-likeness (QED) is 0.843. The van der Waals surface area contributed by atoms with Crippen LogP contribution in [0.1, 0.15) is 18.4 Å². The number of carbonyl (C=O) groups excluding carboxylic acids is 2. The van der Waals surface area contributed by atoms with Crippen molar-refractivity contribution in [3.05, 3.63) is 35.9 Å². The molecule has 2 saturated heterocycles. The van der Waals surface area contributed by atoms with Gasteiger partial charge in [0.25, 0.3) is 0 Å². The first kappa shape index (κ1) is 16.8. The van der Waals surface area contributed by atoms with Crippen molar-refractivity contribution < 1.29 is 14.3 Å². The third kappa shape index (κ3) is 4.06. The molecule has 3 rings (SSSR count). The molecule has 0 bridgehead atoms. The Hall–Kier alpha value is -2.08. The van der Waals surface area contributed by atoms with Gasteiger partial charge in [0, 0.05) is 32.2 Å². The van der Waals surface area contributed by atoms with Crippen LogP contribution in [0.4, 0.5) is 4.79 Å². The largest absolute Gasteiger partial charge is 0.445 e. The van der Waals surface area contributed by atoms with Crippen molar-refractivity contribution in [3.63, 3.8) is 0 Å². The van der Waals surface area contributed by atoms with E-state index in [-0.39, 0.29) is 18.0 Å². The fourth-order valence-corrected chi connectivity index (χ4v) is 3.36. The lowest BCUT2D eigenvalue weighted by atomic mass is 10.0. The standard InChI is InChI=1S/C18H25N3O3/c1-19-11-12-21(17(22)13-19)16-7-9-20(10-8-16)18(23)24-14-15-5-3-2-4-6-15/h2-6,16H,7-14H2,1H3. The molecule has 2 aliphatic rings. The fourth-order valence-electron chi connectivity index (χ4n) is 3.36. The van der Waals surface area contributed by atoms with Crippen molar-refractivity contribution in [2.75, 3.05) is 39.8 Å². The Kier molecular flexibility index (Phi) is 5.35. The number of likely N-dealkylation sites (tertiary alicyclic amines) is 1. The molecule has 0 N–H and O–H groups in total. The van der Waals surface area contributed by atoms with Gasteiger partial charge in [-0.05, 0) is 25.5 Å². The summed E-state index contributed by atoms with van der Waals surface area (Å²) in [4.78, 5) is 30.1. The first-order valence-corrected chi connectivity index (χ1v) is 8.57.